The molecule has 0 aromatic carbocycles. The lowest BCUT2D eigenvalue weighted by atomic mass is 9.83. The van der Waals surface area contributed by atoms with Crippen molar-refractivity contribution in [2.75, 3.05) is 33.9 Å². The van der Waals surface area contributed by atoms with Crippen LogP contribution in [0.1, 0.15) is 57.4 Å². The number of unbranched alkanes of at least 4 members (excludes halogenated alkanes) is 1. The van der Waals surface area contributed by atoms with Crippen LogP contribution in [0.25, 0.3) is 0 Å². The minimum atomic E-state index is 0.330. The Kier molecular flexibility index (Phi) is 9.39. The lowest BCUT2D eigenvalue weighted by Gasteiger charge is -2.30. The van der Waals surface area contributed by atoms with Gasteiger partial charge < -0.3 is 20.1 Å². The van der Waals surface area contributed by atoms with E-state index in [0.29, 0.717) is 24.4 Å². The molecule has 0 saturated heterocycles. The summed E-state index contributed by atoms with van der Waals surface area (Å²) in [4.78, 5) is 8.75. The van der Waals surface area contributed by atoms with Gasteiger partial charge in [0.1, 0.15) is 0 Å². The Hall–Kier alpha value is -1.82. The average Bonchev–Trinajstić information content (AvgIpc) is 3.17. The van der Waals surface area contributed by atoms with Gasteiger partial charge in [0.15, 0.2) is 5.96 Å². The fourth-order valence-electron chi connectivity index (χ4n) is 3.63. The highest BCUT2D eigenvalue weighted by atomic mass is 16.5. The molecule has 0 atom stereocenters. The van der Waals surface area contributed by atoms with Crippen molar-refractivity contribution in [3.05, 3.63) is 23.9 Å². The topological polar surface area (TPSA) is 67.8 Å². The largest absolute Gasteiger partial charge is 0.477 e. The maximum atomic E-state index is 5.82. The van der Waals surface area contributed by atoms with Crippen LogP contribution in [0.5, 0.6) is 5.88 Å². The van der Waals surface area contributed by atoms with E-state index in [4.69, 9.17) is 9.47 Å². The maximum absolute atomic E-state index is 5.82. The molecular formula is C21H36N4O2. The van der Waals surface area contributed by atoms with Crippen LogP contribution in [-0.4, -0.2) is 44.9 Å². The molecule has 1 aromatic heterocycles. The summed E-state index contributed by atoms with van der Waals surface area (Å²) in [7, 11) is 3.60. The molecule has 2 rings (SSSR count). The van der Waals surface area contributed by atoms with Crippen LogP contribution < -0.4 is 15.4 Å². The van der Waals surface area contributed by atoms with Crippen molar-refractivity contribution in [3.8, 4) is 5.88 Å². The number of nitrogens with one attached hydrogen (secondary N) is 2. The SMILES string of the molecule is CCCCOc1ncccc1CNC(=NC)NCC1(CCOC)CCCC1. The summed E-state index contributed by atoms with van der Waals surface area (Å²) in [5, 5.41) is 6.93. The number of hydrogen-bond donors (Lipinski definition) is 2. The summed E-state index contributed by atoms with van der Waals surface area (Å²) >= 11 is 0. The second-order valence-electron chi connectivity index (χ2n) is 7.40. The molecule has 0 amide bonds. The van der Waals surface area contributed by atoms with E-state index >= 15 is 0 Å². The van der Waals surface area contributed by atoms with Crippen LogP contribution in [0, 0.1) is 5.41 Å². The number of rotatable bonds is 11. The zero-order chi connectivity index (χ0) is 19.4. The second kappa shape index (κ2) is 11.8. The molecular weight excluding hydrogens is 340 g/mol. The highest BCUT2D eigenvalue weighted by Gasteiger charge is 2.33. The summed E-state index contributed by atoms with van der Waals surface area (Å²) in [6.45, 7) is 5.25. The van der Waals surface area contributed by atoms with Crippen molar-refractivity contribution < 1.29 is 9.47 Å². The van der Waals surface area contributed by atoms with E-state index in [2.05, 4.69) is 27.5 Å². The number of nitrogens with zero attached hydrogens (tertiary/aromatic N) is 2. The second-order valence-corrected chi connectivity index (χ2v) is 7.40. The smallest absolute Gasteiger partial charge is 0.218 e. The van der Waals surface area contributed by atoms with E-state index < -0.39 is 0 Å². The molecule has 2 N–H and O–H groups in total. The van der Waals surface area contributed by atoms with Crippen LogP contribution >= 0.6 is 0 Å². The number of aromatic nitrogens is 1. The normalized spacial score (nSPS) is 16.3. The van der Waals surface area contributed by atoms with Crippen molar-refractivity contribution in [1.29, 1.82) is 0 Å². The fourth-order valence-corrected chi connectivity index (χ4v) is 3.63. The Labute approximate surface area is 164 Å². The molecule has 1 aliphatic rings. The quantitative estimate of drug-likeness (QED) is 0.351. The van der Waals surface area contributed by atoms with Gasteiger partial charge in [0.05, 0.1) is 6.61 Å². The van der Waals surface area contributed by atoms with Gasteiger partial charge in [-0.1, -0.05) is 32.3 Å². The number of ether oxygens (including phenoxy) is 2. The van der Waals surface area contributed by atoms with Crippen molar-refractivity contribution >= 4 is 5.96 Å². The van der Waals surface area contributed by atoms with Crippen LogP contribution in [0.2, 0.25) is 0 Å². The Morgan fingerprint density at radius 3 is 2.78 bits per heavy atom. The molecule has 1 aromatic rings. The molecule has 1 aliphatic carbocycles. The highest BCUT2D eigenvalue weighted by Crippen LogP contribution is 2.40. The maximum Gasteiger partial charge on any atom is 0.218 e. The first-order valence-electron chi connectivity index (χ1n) is 10.2. The van der Waals surface area contributed by atoms with Crippen molar-refractivity contribution in [2.24, 2.45) is 10.4 Å². The van der Waals surface area contributed by atoms with E-state index in [0.717, 1.165) is 43.9 Å². The molecule has 0 unspecified atom stereocenters. The first-order valence-corrected chi connectivity index (χ1v) is 10.2. The number of methoxy groups -OCH3 is 1. The van der Waals surface area contributed by atoms with Crippen molar-refractivity contribution in [2.45, 2.75) is 58.4 Å². The summed E-state index contributed by atoms with van der Waals surface area (Å²) in [5.41, 5.74) is 1.38. The van der Waals surface area contributed by atoms with Gasteiger partial charge in [-0.2, -0.15) is 0 Å². The average molecular weight is 377 g/mol. The van der Waals surface area contributed by atoms with Gasteiger partial charge in [0, 0.05) is 45.6 Å². The number of hydrogen-bond acceptors (Lipinski definition) is 4. The zero-order valence-electron chi connectivity index (χ0n) is 17.2. The zero-order valence-corrected chi connectivity index (χ0v) is 17.2. The standard InChI is InChI=1S/C21H36N4O2/c1-4-5-14-27-19-18(9-8-13-23-19)16-24-20(22-2)25-17-21(12-15-26-3)10-6-7-11-21/h8-9,13H,4-7,10-12,14-17H2,1-3H3,(H2,22,24,25). The van der Waals surface area contributed by atoms with Crippen LogP contribution in [0.15, 0.2) is 23.3 Å². The summed E-state index contributed by atoms with van der Waals surface area (Å²) in [6, 6.07) is 3.99. The third-order valence-electron chi connectivity index (χ3n) is 5.39. The molecule has 6 nitrogen and oxygen atoms in total. The Morgan fingerprint density at radius 1 is 1.26 bits per heavy atom. The Bertz CT molecular complexity index is 571. The summed E-state index contributed by atoms with van der Waals surface area (Å²) in [5.74, 6) is 1.53. The van der Waals surface area contributed by atoms with Gasteiger partial charge in [-0.05, 0) is 37.2 Å². The van der Waals surface area contributed by atoms with E-state index in [1.54, 1.807) is 13.3 Å². The predicted octanol–water partition coefficient (Wildman–Crippen LogP) is 3.52. The molecule has 6 heteroatoms. The first-order chi connectivity index (χ1) is 13.2. The lowest BCUT2D eigenvalue weighted by Crippen LogP contribution is -2.43. The van der Waals surface area contributed by atoms with Crippen LogP contribution in [-0.2, 0) is 11.3 Å². The molecule has 1 heterocycles. The van der Waals surface area contributed by atoms with Gasteiger partial charge in [0.25, 0.3) is 0 Å². The number of guanidine groups is 1. The molecule has 1 fully saturated rings. The third kappa shape index (κ3) is 7.01. The van der Waals surface area contributed by atoms with E-state index in [1.165, 1.54) is 25.7 Å². The van der Waals surface area contributed by atoms with E-state index in [1.807, 2.05) is 19.2 Å². The van der Waals surface area contributed by atoms with E-state index in [-0.39, 0.29) is 0 Å². The molecule has 0 radical (unpaired) electrons. The minimum Gasteiger partial charge on any atom is -0.477 e. The summed E-state index contributed by atoms with van der Waals surface area (Å²) in [6.07, 6.45) is 10.2. The molecule has 27 heavy (non-hydrogen) atoms. The molecule has 0 spiro atoms. The van der Waals surface area contributed by atoms with Crippen molar-refractivity contribution in [3.63, 3.8) is 0 Å². The van der Waals surface area contributed by atoms with Crippen LogP contribution in [0.4, 0.5) is 0 Å². The van der Waals surface area contributed by atoms with Gasteiger partial charge >= 0.3 is 0 Å². The molecule has 1 saturated carbocycles. The predicted molar refractivity (Wildman–Crippen MR) is 110 cm³/mol. The number of aliphatic imine (C=N–C) groups is 1. The van der Waals surface area contributed by atoms with Gasteiger partial charge in [-0.25, -0.2) is 4.98 Å². The number of pyridine rings is 1. The fraction of sp³-hybridized carbons (Fsp3) is 0.714. The third-order valence-corrected chi connectivity index (χ3v) is 5.39. The highest BCUT2D eigenvalue weighted by molar-refractivity contribution is 5.79. The van der Waals surface area contributed by atoms with Crippen LogP contribution in [0.3, 0.4) is 0 Å². The van der Waals surface area contributed by atoms with Crippen molar-refractivity contribution in [1.82, 2.24) is 15.6 Å². The Balaban J connectivity index is 1.87. The minimum absolute atomic E-state index is 0.330. The first kappa shape index (κ1) is 21.5. The molecule has 152 valence electrons. The molecule has 0 aliphatic heterocycles. The van der Waals surface area contributed by atoms with Gasteiger partial charge in [-0.15, -0.1) is 0 Å². The van der Waals surface area contributed by atoms with E-state index in [9.17, 15) is 0 Å². The summed E-state index contributed by atoms with van der Waals surface area (Å²) < 4.78 is 11.1. The van der Waals surface area contributed by atoms with Gasteiger partial charge in [0.2, 0.25) is 5.88 Å². The monoisotopic (exact) mass is 376 g/mol. The lowest BCUT2D eigenvalue weighted by molar-refractivity contribution is 0.138. The Morgan fingerprint density at radius 2 is 2.07 bits per heavy atom. The molecule has 0 bridgehead atoms. The van der Waals surface area contributed by atoms with Gasteiger partial charge in [-0.3, -0.25) is 4.99 Å².